The van der Waals surface area contributed by atoms with Crippen LogP contribution in [0.4, 0.5) is 15.3 Å². The number of hydrogen-bond donors (Lipinski definition) is 0. The third-order valence-electron chi connectivity index (χ3n) is 12.9. The number of thiazole rings is 1. The molecule has 2 aliphatic heterocycles. The summed E-state index contributed by atoms with van der Waals surface area (Å²) in [5.74, 6) is 2.52. The molecule has 15 heteroatoms. The number of piperidine rings is 2. The Bertz CT molecular complexity index is 1760. The van der Waals surface area contributed by atoms with Crippen molar-refractivity contribution in [1.29, 1.82) is 0 Å². The highest BCUT2D eigenvalue weighted by Crippen LogP contribution is 2.36. The summed E-state index contributed by atoms with van der Waals surface area (Å²) in [5.41, 5.74) is 0.255. The van der Waals surface area contributed by atoms with Gasteiger partial charge in [0.15, 0.2) is 0 Å². The van der Waals surface area contributed by atoms with E-state index in [0.717, 1.165) is 109 Å². The number of rotatable bonds is 9. The van der Waals surface area contributed by atoms with Crippen molar-refractivity contribution < 1.29 is 33.6 Å². The lowest BCUT2D eigenvalue weighted by Crippen LogP contribution is -2.43. The third-order valence-corrected chi connectivity index (χ3v) is 13.8. The number of carbonyl (C=O) groups excluding carboxylic acids is 4. The van der Waals surface area contributed by atoms with Gasteiger partial charge in [-0.3, -0.25) is 19.7 Å². The summed E-state index contributed by atoms with van der Waals surface area (Å²) >= 11 is 1.73. The van der Waals surface area contributed by atoms with Crippen LogP contribution in [-0.4, -0.2) is 118 Å². The van der Waals surface area contributed by atoms with Crippen LogP contribution in [0.2, 0.25) is 0 Å². The van der Waals surface area contributed by atoms with Crippen LogP contribution in [0.5, 0.6) is 0 Å². The van der Waals surface area contributed by atoms with Crippen LogP contribution >= 0.6 is 11.3 Å². The van der Waals surface area contributed by atoms with Crippen molar-refractivity contribution in [3.63, 3.8) is 0 Å². The molecule has 4 amide bonds. The van der Waals surface area contributed by atoms with Gasteiger partial charge in [-0.25, -0.2) is 14.6 Å². The molecule has 0 unspecified atom stereocenters. The van der Waals surface area contributed by atoms with Gasteiger partial charge in [0.25, 0.3) is 5.69 Å². The van der Waals surface area contributed by atoms with Gasteiger partial charge in [-0.15, -0.1) is 11.3 Å². The average molecular weight is 881 g/mol. The smallest absolute Gasteiger partial charge is 0.410 e. The lowest BCUT2D eigenvalue weighted by Gasteiger charge is -2.37. The minimum Gasteiger partial charge on any atom is -0.444 e. The van der Waals surface area contributed by atoms with Gasteiger partial charge in [-0.2, -0.15) is 0 Å². The van der Waals surface area contributed by atoms with E-state index in [9.17, 15) is 29.3 Å². The highest BCUT2D eigenvalue weighted by Gasteiger charge is 2.35. The number of nitro benzene ring substituents is 1. The van der Waals surface area contributed by atoms with E-state index < -0.39 is 11.2 Å². The molecule has 4 fully saturated rings. The van der Waals surface area contributed by atoms with Crippen LogP contribution in [0.1, 0.15) is 141 Å². The predicted octanol–water partition coefficient (Wildman–Crippen LogP) is 9.50. The van der Waals surface area contributed by atoms with Gasteiger partial charge in [-0.1, -0.05) is 12.1 Å². The van der Waals surface area contributed by atoms with Crippen LogP contribution in [-0.2, 0) is 19.1 Å². The maximum absolute atomic E-state index is 13.1. The number of aromatic nitrogens is 1. The van der Waals surface area contributed by atoms with E-state index in [4.69, 9.17) is 9.47 Å². The first kappa shape index (κ1) is 48.8. The van der Waals surface area contributed by atoms with Crippen LogP contribution in [0.15, 0.2) is 35.8 Å². The Kier molecular flexibility index (Phi) is 17.2. The quantitative estimate of drug-likeness (QED) is 0.177. The van der Waals surface area contributed by atoms with Crippen LogP contribution < -0.4 is 0 Å². The first-order valence-corrected chi connectivity index (χ1v) is 23.7. The zero-order chi connectivity index (χ0) is 45.2. The largest absolute Gasteiger partial charge is 0.444 e. The fraction of sp³-hybridized carbons (Fsp3) is 0.723. The van der Waals surface area contributed by atoms with E-state index in [1.807, 2.05) is 70.2 Å². The predicted molar refractivity (Wildman–Crippen MR) is 241 cm³/mol. The van der Waals surface area contributed by atoms with Crippen molar-refractivity contribution in [1.82, 2.24) is 24.6 Å². The molecule has 3 heterocycles. The Labute approximate surface area is 373 Å². The van der Waals surface area contributed by atoms with Crippen LogP contribution in [0.25, 0.3) is 0 Å². The van der Waals surface area contributed by atoms with Crippen molar-refractivity contribution in [3.8, 4) is 0 Å². The fourth-order valence-corrected chi connectivity index (χ4v) is 10.2. The summed E-state index contributed by atoms with van der Waals surface area (Å²) < 4.78 is 10.9. The average Bonchev–Trinajstić information content (AvgIpc) is 3.78. The molecule has 4 aliphatic rings. The van der Waals surface area contributed by atoms with Gasteiger partial charge in [0.05, 0.1) is 9.93 Å². The summed E-state index contributed by atoms with van der Waals surface area (Å²) in [4.78, 5) is 72.7. The Morgan fingerprint density at radius 1 is 0.677 bits per heavy atom. The molecule has 1 aromatic carbocycles. The van der Waals surface area contributed by atoms with Gasteiger partial charge >= 0.3 is 12.2 Å². The molecule has 2 aromatic rings. The Morgan fingerprint density at radius 2 is 1.08 bits per heavy atom. The van der Waals surface area contributed by atoms with Gasteiger partial charge in [0.2, 0.25) is 11.8 Å². The number of ether oxygens (including phenoxy) is 2. The van der Waals surface area contributed by atoms with Gasteiger partial charge < -0.3 is 29.1 Å². The zero-order valence-corrected chi connectivity index (χ0v) is 39.3. The first-order valence-electron chi connectivity index (χ1n) is 22.9. The van der Waals surface area contributed by atoms with Crippen molar-refractivity contribution >= 4 is 41.0 Å². The van der Waals surface area contributed by atoms with E-state index in [1.165, 1.54) is 5.01 Å². The van der Waals surface area contributed by atoms with E-state index in [2.05, 4.69) is 9.88 Å². The van der Waals surface area contributed by atoms with Gasteiger partial charge in [0.1, 0.15) is 11.2 Å². The molecule has 2 saturated heterocycles. The van der Waals surface area contributed by atoms with Crippen LogP contribution in [0.3, 0.4) is 0 Å². The molecule has 0 bridgehead atoms. The third kappa shape index (κ3) is 14.7. The highest BCUT2D eigenvalue weighted by molar-refractivity contribution is 7.09. The molecule has 62 heavy (non-hydrogen) atoms. The van der Waals surface area contributed by atoms with Gasteiger partial charge in [-0.05, 0) is 142 Å². The Balaban J connectivity index is 0.000000236. The summed E-state index contributed by atoms with van der Waals surface area (Å²) in [6.45, 7) is 15.8. The topological polar surface area (TPSA) is 156 Å². The molecule has 0 atom stereocenters. The number of nitro groups is 1. The monoisotopic (exact) mass is 881 g/mol. The standard InChI is InChI=1S/C25H37N3O5.C22H35N3O3S/c1-25(2,3)33-24(30)26(4)17-18-5-7-21(8-6-18)23(29)27-15-13-20(14-16-27)19-9-11-22(12-10-19)28(31)32;1-22(2,3)28-21(27)24(4)15-16-5-7-18(8-6-16)20(26)25-12-9-17(10-13-25)19-23-11-14-29-19/h9-12,18,20-21H,5-8,13-17H2,1-4H3;11,14,16-18H,5-10,12-13,15H2,1-4H3. The van der Waals surface area contributed by atoms with Crippen molar-refractivity contribution in [3.05, 3.63) is 56.5 Å². The summed E-state index contributed by atoms with van der Waals surface area (Å²) in [6, 6.07) is 6.81. The number of carbonyl (C=O) groups is 4. The number of likely N-dealkylation sites (tertiary alicyclic amines) is 2. The number of amides is 4. The van der Waals surface area contributed by atoms with Crippen LogP contribution in [0, 0.1) is 33.8 Å². The molecule has 0 radical (unpaired) electrons. The molecule has 1 aromatic heterocycles. The lowest BCUT2D eigenvalue weighted by atomic mass is 9.80. The van der Waals surface area contributed by atoms with Gasteiger partial charge in [0, 0.05) is 94.8 Å². The molecule has 6 rings (SSSR count). The molecule has 2 aliphatic carbocycles. The number of benzene rings is 1. The minimum absolute atomic E-state index is 0.0732. The number of non-ortho nitro benzene ring substituents is 1. The number of hydrogen-bond acceptors (Lipinski definition) is 10. The molecular weight excluding hydrogens is 809 g/mol. The normalized spacial score (nSPS) is 22.8. The van der Waals surface area contributed by atoms with Crippen molar-refractivity contribution in [2.45, 2.75) is 142 Å². The summed E-state index contributed by atoms with van der Waals surface area (Å²) in [7, 11) is 3.58. The Hall–Kier alpha value is -4.27. The maximum Gasteiger partial charge on any atom is 0.410 e. The van der Waals surface area contributed by atoms with E-state index in [-0.39, 0.29) is 40.5 Å². The van der Waals surface area contributed by atoms with E-state index in [0.29, 0.717) is 42.7 Å². The second-order valence-electron chi connectivity index (χ2n) is 20.1. The van der Waals surface area contributed by atoms with Crippen molar-refractivity contribution in [2.24, 2.45) is 23.7 Å². The molecule has 2 saturated carbocycles. The minimum atomic E-state index is -0.499. The zero-order valence-electron chi connectivity index (χ0n) is 38.5. The molecular formula is C47H72N6O8S. The fourth-order valence-electron chi connectivity index (χ4n) is 9.39. The molecule has 0 N–H and O–H groups in total. The highest BCUT2D eigenvalue weighted by atomic mass is 32.1. The van der Waals surface area contributed by atoms with E-state index in [1.54, 1.807) is 47.4 Å². The van der Waals surface area contributed by atoms with E-state index >= 15 is 0 Å². The first-order chi connectivity index (χ1) is 29.3. The Morgan fingerprint density at radius 3 is 1.44 bits per heavy atom. The molecule has 344 valence electrons. The molecule has 14 nitrogen and oxygen atoms in total. The second-order valence-corrected chi connectivity index (χ2v) is 21.0. The lowest BCUT2D eigenvalue weighted by molar-refractivity contribution is -0.384. The van der Waals surface area contributed by atoms with Crippen molar-refractivity contribution in [2.75, 3.05) is 53.4 Å². The molecule has 0 spiro atoms. The maximum atomic E-state index is 13.1. The summed E-state index contributed by atoms with van der Waals surface area (Å²) in [5, 5.41) is 14.1. The number of nitrogens with zero attached hydrogens (tertiary/aromatic N) is 6. The summed E-state index contributed by atoms with van der Waals surface area (Å²) in [6.07, 6.45) is 12.6. The second kappa shape index (κ2) is 21.9. The SMILES string of the molecule is CN(CC1CCC(C(=O)N2CCC(c3ccc([N+](=O)[O-])cc3)CC2)CC1)C(=O)OC(C)(C)C.CN(CC1CCC(C(=O)N2CCC(c3nccs3)CC2)CC1)C(=O)OC(C)(C)C.